The van der Waals surface area contributed by atoms with Gasteiger partial charge in [-0.15, -0.1) is 0 Å². The quantitative estimate of drug-likeness (QED) is 0.688. The van der Waals surface area contributed by atoms with Crippen LogP contribution < -0.4 is 5.32 Å². The fourth-order valence-corrected chi connectivity index (χ4v) is 2.21. The summed E-state index contributed by atoms with van der Waals surface area (Å²) in [7, 11) is 0. The van der Waals surface area contributed by atoms with Gasteiger partial charge in [-0.1, -0.05) is 0 Å². The Morgan fingerprint density at radius 2 is 2.43 bits per heavy atom. The van der Waals surface area contributed by atoms with Gasteiger partial charge in [0.1, 0.15) is 0 Å². The summed E-state index contributed by atoms with van der Waals surface area (Å²) in [6.45, 7) is 2.70. The van der Waals surface area contributed by atoms with Crippen molar-refractivity contribution in [2.24, 2.45) is 0 Å². The first-order chi connectivity index (χ1) is 6.68. The lowest BCUT2D eigenvalue weighted by molar-refractivity contribution is -0.122. The topological polar surface area (TPSA) is 49.8 Å². The van der Waals surface area contributed by atoms with Gasteiger partial charge in [0, 0.05) is 24.9 Å². The number of aromatic nitrogens is 2. The van der Waals surface area contributed by atoms with Gasteiger partial charge in [-0.25, -0.2) is 0 Å². The number of nitrogens with zero attached hydrogens (tertiary/aromatic N) is 1. The molecule has 2 rings (SSSR count). The highest BCUT2D eigenvalue weighted by Crippen LogP contribution is 2.19. The van der Waals surface area contributed by atoms with Crippen LogP contribution in [0.4, 0.5) is 0 Å². The van der Waals surface area contributed by atoms with Crippen LogP contribution in [0.5, 0.6) is 0 Å². The van der Waals surface area contributed by atoms with Gasteiger partial charge in [-0.2, -0.15) is 0 Å². The predicted molar refractivity (Wildman–Crippen MR) is 55.6 cm³/mol. The average Bonchev–Trinajstić information content (AvgIpc) is 2.49. The first-order valence-electron chi connectivity index (χ1n) is 4.71. The van der Waals surface area contributed by atoms with E-state index in [2.05, 4.69) is 14.9 Å². The van der Waals surface area contributed by atoms with Gasteiger partial charge >= 0.3 is 0 Å². The number of aromatic amines is 1. The van der Waals surface area contributed by atoms with E-state index in [9.17, 15) is 4.79 Å². The van der Waals surface area contributed by atoms with Crippen LogP contribution in [0.2, 0.25) is 0 Å². The molecule has 2 N–H and O–H groups in total. The number of rotatable bonds is 1. The molecular formula is C9H13N3OS. The minimum Gasteiger partial charge on any atom is -0.354 e. The van der Waals surface area contributed by atoms with Crippen molar-refractivity contribution < 1.29 is 4.79 Å². The molecule has 76 valence electrons. The van der Waals surface area contributed by atoms with Crippen LogP contribution in [-0.2, 0) is 4.79 Å². The highest BCUT2D eigenvalue weighted by atomic mass is 32.1. The molecule has 1 aliphatic heterocycles. The van der Waals surface area contributed by atoms with E-state index < -0.39 is 0 Å². The zero-order valence-electron chi connectivity index (χ0n) is 8.04. The van der Waals surface area contributed by atoms with E-state index in [1.807, 2.05) is 13.1 Å². The number of H-pyrrole nitrogens is 1. The lowest BCUT2D eigenvalue weighted by atomic mass is 10.1. The van der Waals surface area contributed by atoms with Crippen LogP contribution in [0.1, 0.15) is 24.6 Å². The Hall–Kier alpha value is -1.10. The third-order valence-electron chi connectivity index (χ3n) is 2.61. The maximum absolute atomic E-state index is 11.0. The van der Waals surface area contributed by atoms with Crippen molar-refractivity contribution in [3.63, 3.8) is 0 Å². The first-order valence-corrected chi connectivity index (χ1v) is 5.12. The maximum atomic E-state index is 11.0. The van der Waals surface area contributed by atoms with E-state index >= 15 is 0 Å². The summed E-state index contributed by atoms with van der Waals surface area (Å²) in [5.74, 6) is 0.140. The predicted octanol–water partition coefficient (Wildman–Crippen LogP) is 1.31. The summed E-state index contributed by atoms with van der Waals surface area (Å²) < 4.78 is 2.82. The molecule has 1 aromatic heterocycles. The van der Waals surface area contributed by atoms with Crippen molar-refractivity contribution in [2.75, 3.05) is 6.54 Å². The molecule has 1 aromatic rings. The van der Waals surface area contributed by atoms with Gasteiger partial charge < -0.3 is 14.9 Å². The molecule has 4 nitrogen and oxygen atoms in total. The number of piperidine rings is 1. The Labute approximate surface area is 87.3 Å². The molecular weight excluding hydrogens is 198 g/mol. The van der Waals surface area contributed by atoms with Gasteiger partial charge in [0.2, 0.25) is 5.91 Å². The average molecular weight is 211 g/mol. The number of hydrogen-bond acceptors (Lipinski definition) is 2. The third-order valence-corrected chi connectivity index (χ3v) is 2.92. The summed E-state index contributed by atoms with van der Waals surface area (Å²) in [5, 5.41) is 2.85. The van der Waals surface area contributed by atoms with Crippen LogP contribution in [0, 0.1) is 11.7 Å². The van der Waals surface area contributed by atoms with Crippen LogP contribution in [-0.4, -0.2) is 22.0 Å². The van der Waals surface area contributed by atoms with Gasteiger partial charge in [0.15, 0.2) is 4.77 Å². The summed E-state index contributed by atoms with van der Waals surface area (Å²) in [6, 6.07) is 0.312. The van der Waals surface area contributed by atoms with Gasteiger partial charge in [-0.05, 0) is 25.6 Å². The van der Waals surface area contributed by atoms with Crippen molar-refractivity contribution >= 4 is 18.1 Å². The second-order valence-electron chi connectivity index (χ2n) is 3.60. The monoisotopic (exact) mass is 211 g/mol. The number of amides is 1. The molecule has 1 fully saturated rings. The number of carbonyl (C=O) groups is 1. The molecule has 5 heteroatoms. The number of aryl methyl sites for hydroxylation is 1. The normalized spacial score (nSPS) is 22.1. The maximum Gasteiger partial charge on any atom is 0.220 e. The minimum atomic E-state index is 0.140. The number of nitrogens with one attached hydrogen (secondary N) is 2. The number of carbonyl (C=O) groups excluding carboxylic acids is 1. The van der Waals surface area contributed by atoms with Crippen LogP contribution >= 0.6 is 12.2 Å². The van der Waals surface area contributed by atoms with Crippen LogP contribution in [0.3, 0.4) is 0 Å². The number of hydrogen-bond donors (Lipinski definition) is 2. The second-order valence-corrected chi connectivity index (χ2v) is 3.99. The zero-order chi connectivity index (χ0) is 10.1. The molecule has 0 radical (unpaired) electrons. The Kier molecular flexibility index (Phi) is 2.41. The minimum absolute atomic E-state index is 0.140. The van der Waals surface area contributed by atoms with E-state index in [1.54, 1.807) is 0 Å². The molecule has 0 aliphatic carbocycles. The third kappa shape index (κ3) is 1.59. The van der Waals surface area contributed by atoms with Gasteiger partial charge in [0.05, 0.1) is 6.04 Å². The SMILES string of the molecule is Cc1c[nH]c(=S)n1C1CCC(=O)NC1. The van der Waals surface area contributed by atoms with E-state index in [1.165, 1.54) is 0 Å². The van der Waals surface area contributed by atoms with Crippen molar-refractivity contribution in [1.29, 1.82) is 0 Å². The molecule has 1 amide bonds. The Bertz CT molecular complexity index is 396. The highest BCUT2D eigenvalue weighted by Gasteiger charge is 2.20. The fraction of sp³-hybridized carbons (Fsp3) is 0.556. The molecule has 1 unspecified atom stereocenters. The molecule has 1 aliphatic rings. The molecule has 0 saturated carbocycles. The smallest absolute Gasteiger partial charge is 0.220 e. The van der Waals surface area contributed by atoms with E-state index in [0.29, 0.717) is 19.0 Å². The number of imidazole rings is 1. The summed E-state index contributed by atoms with van der Waals surface area (Å²) in [6.07, 6.45) is 3.37. The summed E-state index contributed by atoms with van der Waals surface area (Å²) >= 11 is 5.18. The molecule has 1 atom stereocenters. The van der Waals surface area contributed by atoms with E-state index in [0.717, 1.165) is 16.9 Å². The lowest BCUT2D eigenvalue weighted by Gasteiger charge is -2.24. The Morgan fingerprint density at radius 1 is 1.64 bits per heavy atom. The van der Waals surface area contributed by atoms with E-state index in [4.69, 9.17) is 12.2 Å². The second kappa shape index (κ2) is 3.57. The molecule has 1 saturated heterocycles. The summed E-state index contributed by atoms with van der Waals surface area (Å²) in [4.78, 5) is 14.0. The van der Waals surface area contributed by atoms with Gasteiger partial charge in [-0.3, -0.25) is 4.79 Å². The zero-order valence-corrected chi connectivity index (χ0v) is 8.86. The largest absolute Gasteiger partial charge is 0.354 e. The Balaban J connectivity index is 2.24. The van der Waals surface area contributed by atoms with E-state index in [-0.39, 0.29) is 5.91 Å². The first kappa shape index (κ1) is 9.45. The molecule has 2 heterocycles. The van der Waals surface area contributed by atoms with Crippen molar-refractivity contribution in [2.45, 2.75) is 25.8 Å². The van der Waals surface area contributed by atoms with Gasteiger partial charge in [0.25, 0.3) is 0 Å². The lowest BCUT2D eigenvalue weighted by Crippen LogP contribution is -2.36. The highest BCUT2D eigenvalue weighted by molar-refractivity contribution is 7.71. The van der Waals surface area contributed by atoms with Crippen LogP contribution in [0.15, 0.2) is 6.20 Å². The molecule has 0 bridgehead atoms. The molecule has 14 heavy (non-hydrogen) atoms. The van der Waals surface area contributed by atoms with Crippen molar-refractivity contribution in [3.05, 3.63) is 16.7 Å². The standard InChI is InChI=1S/C9H13N3OS/c1-6-4-11-9(14)12(6)7-2-3-8(13)10-5-7/h4,7H,2-3,5H2,1H3,(H,10,13)(H,11,14). The Morgan fingerprint density at radius 3 is 2.93 bits per heavy atom. The molecule has 0 spiro atoms. The summed E-state index contributed by atoms with van der Waals surface area (Å²) in [5.41, 5.74) is 1.12. The van der Waals surface area contributed by atoms with Crippen LogP contribution in [0.25, 0.3) is 0 Å². The van der Waals surface area contributed by atoms with Crippen molar-refractivity contribution in [1.82, 2.24) is 14.9 Å². The fourth-order valence-electron chi connectivity index (χ4n) is 1.86. The van der Waals surface area contributed by atoms with Crippen molar-refractivity contribution in [3.8, 4) is 0 Å². The molecule has 0 aromatic carbocycles.